The minimum atomic E-state index is -0.0498. The van der Waals surface area contributed by atoms with Gasteiger partial charge in [-0.15, -0.1) is 0 Å². The van der Waals surface area contributed by atoms with Gasteiger partial charge >= 0.3 is 0 Å². The molecule has 0 spiro atoms. The summed E-state index contributed by atoms with van der Waals surface area (Å²) >= 11 is 0. The molecular formula is C16H26N4O2. The van der Waals surface area contributed by atoms with E-state index in [2.05, 4.69) is 27.5 Å². The van der Waals surface area contributed by atoms with Crippen LogP contribution in [0.25, 0.3) is 0 Å². The number of hydrogen-bond acceptors (Lipinski definition) is 5. The van der Waals surface area contributed by atoms with Gasteiger partial charge in [-0.2, -0.15) is 0 Å². The van der Waals surface area contributed by atoms with Crippen molar-refractivity contribution >= 4 is 11.6 Å². The predicted octanol–water partition coefficient (Wildman–Crippen LogP) is 0.471. The number of benzene rings is 1. The van der Waals surface area contributed by atoms with Gasteiger partial charge in [0.2, 0.25) is 5.91 Å². The van der Waals surface area contributed by atoms with Gasteiger partial charge in [0.05, 0.1) is 6.54 Å². The number of carbonyl (C=O) groups excluding carboxylic acids is 1. The van der Waals surface area contributed by atoms with Crippen LogP contribution >= 0.6 is 0 Å². The van der Waals surface area contributed by atoms with Gasteiger partial charge in [-0.1, -0.05) is 0 Å². The number of ether oxygens (including phenoxy) is 1. The Bertz CT molecular complexity index is 456. The minimum absolute atomic E-state index is 0.0498. The number of rotatable bonds is 7. The maximum atomic E-state index is 11.5. The van der Waals surface area contributed by atoms with E-state index in [0.29, 0.717) is 13.2 Å². The van der Waals surface area contributed by atoms with Gasteiger partial charge in [-0.25, -0.2) is 0 Å². The Hall–Kier alpha value is -1.63. The topological polar surface area (TPSA) is 56.8 Å². The van der Waals surface area contributed by atoms with Crippen molar-refractivity contribution in [3.63, 3.8) is 0 Å². The first-order chi connectivity index (χ1) is 10.7. The summed E-state index contributed by atoms with van der Waals surface area (Å²) in [6.07, 6.45) is 0. The van der Waals surface area contributed by atoms with E-state index in [1.54, 1.807) is 7.05 Å². The number of piperazine rings is 1. The van der Waals surface area contributed by atoms with Crippen LogP contribution in [0.4, 0.5) is 5.69 Å². The standard InChI is InChI=1S/C16H26N4O2/c1-17-13-16(21)18-14-3-5-15(6-4-14)22-12-11-20-9-7-19(2)8-10-20/h3-6,17H,7-13H2,1-2H3,(H,18,21). The number of nitrogens with one attached hydrogen (secondary N) is 2. The Labute approximate surface area is 132 Å². The van der Waals surface area contributed by atoms with Crippen molar-refractivity contribution in [3.8, 4) is 5.75 Å². The maximum absolute atomic E-state index is 11.5. The molecule has 22 heavy (non-hydrogen) atoms. The number of likely N-dealkylation sites (N-methyl/N-ethyl adjacent to an activating group) is 2. The van der Waals surface area contributed by atoms with Gasteiger partial charge in [0.25, 0.3) is 0 Å². The second-order valence-electron chi connectivity index (χ2n) is 5.60. The lowest BCUT2D eigenvalue weighted by Crippen LogP contribution is -2.45. The van der Waals surface area contributed by atoms with Crippen LogP contribution in [0.3, 0.4) is 0 Å². The van der Waals surface area contributed by atoms with Crippen molar-refractivity contribution in [1.82, 2.24) is 15.1 Å². The van der Waals surface area contributed by atoms with E-state index < -0.39 is 0 Å². The van der Waals surface area contributed by atoms with Gasteiger partial charge < -0.3 is 20.3 Å². The molecule has 1 aromatic carbocycles. The van der Waals surface area contributed by atoms with Crippen LogP contribution < -0.4 is 15.4 Å². The highest BCUT2D eigenvalue weighted by Gasteiger charge is 2.13. The van der Waals surface area contributed by atoms with E-state index in [1.807, 2.05) is 24.3 Å². The highest BCUT2D eigenvalue weighted by molar-refractivity contribution is 5.92. The molecule has 1 aromatic rings. The molecule has 0 atom stereocenters. The summed E-state index contributed by atoms with van der Waals surface area (Å²) in [5.74, 6) is 0.784. The number of nitrogens with zero attached hydrogens (tertiary/aromatic N) is 2. The third kappa shape index (κ3) is 5.63. The van der Waals surface area contributed by atoms with E-state index in [-0.39, 0.29) is 5.91 Å². The number of amides is 1. The Morgan fingerprint density at radius 2 is 1.86 bits per heavy atom. The van der Waals surface area contributed by atoms with Crippen molar-refractivity contribution in [1.29, 1.82) is 0 Å². The molecule has 0 bridgehead atoms. The summed E-state index contributed by atoms with van der Waals surface area (Å²) in [7, 11) is 3.90. The van der Waals surface area contributed by atoms with E-state index in [1.165, 1.54) is 0 Å². The Kier molecular flexibility index (Phi) is 6.64. The van der Waals surface area contributed by atoms with E-state index in [0.717, 1.165) is 44.2 Å². The average molecular weight is 306 g/mol. The van der Waals surface area contributed by atoms with Crippen LogP contribution in [0.1, 0.15) is 0 Å². The Morgan fingerprint density at radius 3 is 2.50 bits per heavy atom. The molecule has 6 heteroatoms. The maximum Gasteiger partial charge on any atom is 0.238 e. The summed E-state index contributed by atoms with van der Waals surface area (Å²) in [5.41, 5.74) is 0.784. The van der Waals surface area contributed by atoms with Crippen LogP contribution in [0.2, 0.25) is 0 Å². The van der Waals surface area contributed by atoms with Crippen LogP contribution in [0.15, 0.2) is 24.3 Å². The van der Waals surface area contributed by atoms with E-state index in [4.69, 9.17) is 4.74 Å². The molecule has 0 aromatic heterocycles. The third-order valence-corrected chi connectivity index (χ3v) is 3.75. The van der Waals surface area contributed by atoms with Crippen molar-refractivity contribution in [3.05, 3.63) is 24.3 Å². The molecule has 1 fully saturated rings. The normalized spacial score (nSPS) is 16.5. The van der Waals surface area contributed by atoms with Crippen molar-refractivity contribution in [2.24, 2.45) is 0 Å². The highest BCUT2D eigenvalue weighted by atomic mass is 16.5. The summed E-state index contributed by atoms with van der Waals surface area (Å²) in [6, 6.07) is 7.50. The van der Waals surface area contributed by atoms with Crippen molar-refractivity contribution in [2.75, 3.05) is 65.3 Å². The molecular weight excluding hydrogens is 280 g/mol. The first-order valence-corrected chi connectivity index (χ1v) is 7.75. The van der Waals surface area contributed by atoms with Gasteiger partial charge in [0.1, 0.15) is 12.4 Å². The molecule has 0 aliphatic carbocycles. The molecule has 0 saturated carbocycles. The van der Waals surface area contributed by atoms with Gasteiger partial charge in [0, 0.05) is 38.4 Å². The first-order valence-electron chi connectivity index (χ1n) is 7.75. The second kappa shape index (κ2) is 8.73. The van der Waals surface area contributed by atoms with Gasteiger partial charge in [0.15, 0.2) is 0 Å². The number of hydrogen-bond donors (Lipinski definition) is 2. The quantitative estimate of drug-likeness (QED) is 0.767. The summed E-state index contributed by atoms with van der Waals surface area (Å²) in [6.45, 7) is 6.42. The largest absolute Gasteiger partial charge is 0.492 e. The molecule has 1 saturated heterocycles. The third-order valence-electron chi connectivity index (χ3n) is 3.75. The average Bonchev–Trinajstić information content (AvgIpc) is 2.51. The zero-order valence-electron chi connectivity index (χ0n) is 13.5. The van der Waals surface area contributed by atoms with Crippen LogP contribution in [0, 0.1) is 0 Å². The molecule has 2 N–H and O–H groups in total. The van der Waals surface area contributed by atoms with Gasteiger partial charge in [-0.3, -0.25) is 9.69 Å². The molecule has 1 amide bonds. The first kappa shape index (κ1) is 16.7. The van der Waals surface area contributed by atoms with Crippen molar-refractivity contribution < 1.29 is 9.53 Å². The number of anilines is 1. The SMILES string of the molecule is CNCC(=O)Nc1ccc(OCCN2CCN(C)CC2)cc1. The summed E-state index contributed by atoms with van der Waals surface area (Å²) in [5, 5.41) is 5.63. The summed E-state index contributed by atoms with van der Waals surface area (Å²) < 4.78 is 5.76. The lowest BCUT2D eigenvalue weighted by molar-refractivity contribution is -0.115. The zero-order chi connectivity index (χ0) is 15.8. The molecule has 0 unspecified atom stereocenters. The predicted molar refractivity (Wildman–Crippen MR) is 88.4 cm³/mol. The van der Waals surface area contributed by atoms with E-state index >= 15 is 0 Å². The molecule has 6 nitrogen and oxygen atoms in total. The molecule has 0 radical (unpaired) electrons. The fraction of sp³-hybridized carbons (Fsp3) is 0.562. The fourth-order valence-electron chi connectivity index (χ4n) is 2.36. The Morgan fingerprint density at radius 1 is 1.18 bits per heavy atom. The lowest BCUT2D eigenvalue weighted by Gasteiger charge is -2.32. The second-order valence-corrected chi connectivity index (χ2v) is 5.60. The van der Waals surface area contributed by atoms with Crippen molar-refractivity contribution in [2.45, 2.75) is 0 Å². The van der Waals surface area contributed by atoms with Crippen LogP contribution in [0.5, 0.6) is 5.75 Å². The van der Waals surface area contributed by atoms with Crippen LogP contribution in [-0.2, 0) is 4.79 Å². The monoisotopic (exact) mass is 306 g/mol. The zero-order valence-corrected chi connectivity index (χ0v) is 13.5. The highest BCUT2D eigenvalue weighted by Crippen LogP contribution is 2.15. The molecule has 1 aliphatic heterocycles. The Balaban J connectivity index is 1.69. The fourth-order valence-corrected chi connectivity index (χ4v) is 2.36. The number of carbonyl (C=O) groups is 1. The smallest absolute Gasteiger partial charge is 0.238 e. The molecule has 122 valence electrons. The lowest BCUT2D eigenvalue weighted by atomic mass is 10.3. The van der Waals surface area contributed by atoms with E-state index in [9.17, 15) is 4.79 Å². The molecule has 2 rings (SSSR count). The molecule has 1 heterocycles. The van der Waals surface area contributed by atoms with Crippen LogP contribution in [-0.4, -0.2) is 75.7 Å². The summed E-state index contributed by atoms with van der Waals surface area (Å²) in [4.78, 5) is 16.2. The molecule has 1 aliphatic rings. The van der Waals surface area contributed by atoms with Gasteiger partial charge in [-0.05, 0) is 38.4 Å². The minimum Gasteiger partial charge on any atom is -0.492 e.